The topological polar surface area (TPSA) is 67.2 Å². The largest absolute Gasteiger partial charge is 0.416 e. The number of likely N-dealkylation sites (N-methyl/N-ethyl adjacent to an activating group) is 1. The lowest BCUT2D eigenvalue weighted by atomic mass is 10.2. The molecule has 1 aromatic carbocycles. The smallest absolute Gasteiger partial charge is 0.347 e. The number of alkyl halides is 3. The van der Waals surface area contributed by atoms with E-state index in [1.165, 1.54) is 21.7 Å². The minimum absolute atomic E-state index is 0.140. The van der Waals surface area contributed by atoms with Crippen LogP contribution in [0, 0.1) is 6.92 Å². The number of hydrogen-bond acceptors (Lipinski definition) is 4. The molecule has 3 aromatic rings. The zero-order chi connectivity index (χ0) is 20.6. The molecule has 0 aliphatic rings. The zero-order valence-corrected chi connectivity index (χ0v) is 16.1. The van der Waals surface area contributed by atoms with Gasteiger partial charge in [-0.3, -0.25) is 9.59 Å². The quantitative estimate of drug-likeness (QED) is 0.718. The molecule has 2 heterocycles. The number of carbonyl (C=O) groups is 2. The second kappa shape index (κ2) is 7.27. The summed E-state index contributed by atoms with van der Waals surface area (Å²) in [6.07, 6.45) is -4.46. The fourth-order valence-corrected chi connectivity index (χ4v) is 3.65. The molecule has 28 heavy (non-hydrogen) atoms. The number of amides is 2. The molecule has 6 nitrogen and oxygen atoms in total. The van der Waals surface area contributed by atoms with Gasteiger partial charge in [0.05, 0.1) is 28.4 Å². The van der Waals surface area contributed by atoms with Gasteiger partial charge in [0.15, 0.2) is 0 Å². The fraction of sp³-hybridized carbons (Fsp3) is 0.278. The first kappa shape index (κ1) is 19.9. The lowest BCUT2D eigenvalue weighted by Gasteiger charge is -2.10. The highest BCUT2D eigenvalue weighted by Crippen LogP contribution is 2.33. The van der Waals surface area contributed by atoms with Crippen molar-refractivity contribution in [3.63, 3.8) is 0 Å². The molecular weight excluding hydrogens is 393 g/mol. The Labute approximate surface area is 162 Å². The van der Waals surface area contributed by atoms with Crippen molar-refractivity contribution in [1.29, 1.82) is 0 Å². The minimum atomic E-state index is -4.46. The normalized spacial score (nSPS) is 11.6. The molecule has 0 aliphatic carbocycles. The third kappa shape index (κ3) is 3.86. The molecule has 0 spiro atoms. The van der Waals surface area contributed by atoms with Crippen LogP contribution in [-0.2, 0) is 11.0 Å². The average molecular weight is 410 g/mol. The zero-order valence-electron chi connectivity index (χ0n) is 15.3. The maximum atomic E-state index is 13.0. The van der Waals surface area contributed by atoms with Gasteiger partial charge in [-0.05, 0) is 31.2 Å². The molecule has 3 rings (SSSR count). The maximum absolute atomic E-state index is 13.0. The molecule has 0 saturated heterocycles. The van der Waals surface area contributed by atoms with Gasteiger partial charge in [-0.2, -0.15) is 18.3 Å². The molecule has 0 unspecified atom stereocenters. The van der Waals surface area contributed by atoms with E-state index in [2.05, 4.69) is 10.4 Å². The highest BCUT2D eigenvalue weighted by atomic mass is 32.1. The first-order valence-electron chi connectivity index (χ1n) is 8.23. The predicted molar refractivity (Wildman–Crippen MR) is 99.7 cm³/mol. The first-order valence-corrected chi connectivity index (χ1v) is 9.04. The second-order valence-corrected chi connectivity index (χ2v) is 7.38. The predicted octanol–water partition coefficient (Wildman–Crippen LogP) is 3.23. The van der Waals surface area contributed by atoms with E-state index in [0.717, 1.165) is 23.5 Å². The van der Waals surface area contributed by atoms with Gasteiger partial charge in [0.25, 0.3) is 5.91 Å². The number of carbonyl (C=O) groups excluding carboxylic acids is 2. The van der Waals surface area contributed by atoms with E-state index in [0.29, 0.717) is 20.8 Å². The third-order valence-electron chi connectivity index (χ3n) is 4.09. The third-order valence-corrected chi connectivity index (χ3v) is 5.19. The van der Waals surface area contributed by atoms with Crippen molar-refractivity contribution >= 4 is 33.4 Å². The summed E-state index contributed by atoms with van der Waals surface area (Å²) in [5, 5.41) is 7.52. The van der Waals surface area contributed by atoms with Gasteiger partial charge >= 0.3 is 6.18 Å². The number of aromatic nitrogens is 2. The number of aryl methyl sites for hydroxylation is 1. The van der Waals surface area contributed by atoms with Crippen LogP contribution in [0.1, 0.15) is 20.9 Å². The molecule has 0 aliphatic heterocycles. The Hall–Kier alpha value is -2.88. The Balaban J connectivity index is 1.94. The number of fused-ring (bicyclic) bond motifs is 1. The van der Waals surface area contributed by atoms with Crippen LogP contribution in [0.2, 0.25) is 0 Å². The molecule has 0 saturated carbocycles. The molecule has 0 radical (unpaired) electrons. The monoisotopic (exact) mass is 410 g/mol. The van der Waals surface area contributed by atoms with E-state index in [1.807, 2.05) is 0 Å². The van der Waals surface area contributed by atoms with E-state index in [4.69, 9.17) is 0 Å². The molecule has 0 fully saturated rings. The lowest BCUT2D eigenvalue weighted by Crippen LogP contribution is -2.35. The Kier molecular flexibility index (Phi) is 5.16. The van der Waals surface area contributed by atoms with Crippen molar-refractivity contribution in [3.8, 4) is 5.69 Å². The molecule has 1 N–H and O–H groups in total. The van der Waals surface area contributed by atoms with Crippen LogP contribution in [0.3, 0.4) is 0 Å². The van der Waals surface area contributed by atoms with E-state index < -0.39 is 17.6 Å². The standard InChI is InChI=1S/C18H17F3N4O2S/c1-10-13-8-14(16(27)22-9-15(26)24(2)3)28-17(13)25(23-10)12-6-4-5-11(7-12)18(19,20)21/h4-8H,9H2,1-3H3,(H,22,27). The van der Waals surface area contributed by atoms with Crippen LogP contribution in [0.25, 0.3) is 15.9 Å². The van der Waals surface area contributed by atoms with Gasteiger partial charge in [-0.1, -0.05) is 6.07 Å². The summed E-state index contributed by atoms with van der Waals surface area (Å²) in [5.41, 5.74) is 0.0691. The van der Waals surface area contributed by atoms with Crippen molar-refractivity contribution in [2.45, 2.75) is 13.1 Å². The summed E-state index contributed by atoms with van der Waals surface area (Å²) in [5.74, 6) is -0.674. The van der Waals surface area contributed by atoms with Crippen molar-refractivity contribution < 1.29 is 22.8 Å². The van der Waals surface area contributed by atoms with Crippen molar-refractivity contribution in [2.75, 3.05) is 20.6 Å². The molecule has 2 aromatic heterocycles. The van der Waals surface area contributed by atoms with Gasteiger partial charge in [0.2, 0.25) is 5.91 Å². The first-order chi connectivity index (χ1) is 13.1. The number of nitrogens with one attached hydrogen (secondary N) is 1. The van der Waals surface area contributed by atoms with Gasteiger partial charge < -0.3 is 10.2 Å². The molecule has 10 heteroatoms. The van der Waals surface area contributed by atoms with Crippen LogP contribution in [0.5, 0.6) is 0 Å². The maximum Gasteiger partial charge on any atom is 0.416 e. The molecule has 0 atom stereocenters. The molecular formula is C18H17F3N4O2S. The number of hydrogen-bond donors (Lipinski definition) is 1. The van der Waals surface area contributed by atoms with Crippen LogP contribution in [0.4, 0.5) is 13.2 Å². The minimum Gasteiger partial charge on any atom is -0.347 e. The number of rotatable bonds is 4. The second-order valence-electron chi connectivity index (χ2n) is 6.35. The van der Waals surface area contributed by atoms with E-state index in [-0.39, 0.29) is 18.1 Å². The highest BCUT2D eigenvalue weighted by Gasteiger charge is 2.31. The van der Waals surface area contributed by atoms with Crippen LogP contribution in [0.15, 0.2) is 30.3 Å². The van der Waals surface area contributed by atoms with Crippen molar-refractivity contribution in [2.24, 2.45) is 0 Å². The summed E-state index contributed by atoms with van der Waals surface area (Å²) < 4.78 is 40.4. The number of thiophene rings is 1. The summed E-state index contributed by atoms with van der Waals surface area (Å²) in [6, 6.07) is 6.47. The Morgan fingerprint density at radius 1 is 1.25 bits per heavy atom. The number of benzene rings is 1. The van der Waals surface area contributed by atoms with Gasteiger partial charge in [-0.25, -0.2) is 4.68 Å². The van der Waals surface area contributed by atoms with E-state index in [9.17, 15) is 22.8 Å². The summed E-state index contributed by atoms with van der Waals surface area (Å²) in [7, 11) is 3.17. The molecule has 0 bridgehead atoms. The number of nitrogens with zero attached hydrogens (tertiary/aromatic N) is 3. The van der Waals surface area contributed by atoms with Gasteiger partial charge in [-0.15, -0.1) is 11.3 Å². The van der Waals surface area contributed by atoms with Crippen LogP contribution in [-0.4, -0.2) is 47.1 Å². The van der Waals surface area contributed by atoms with Crippen molar-refractivity contribution in [3.05, 3.63) is 46.5 Å². The van der Waals surface area contributed by atoms with Gasteiger partial charge in [0.1, 0.15) is 4.83 Å². The molecule has 148 valence electrons. The number of halogens is 3. The summed E-state index contributed by atoms with van der Waals surface area (Å²) in [4.78, 5) is 26.2. The molecule has 2 amide bonds. The Morgan fingerprint density at radius 2 is 1.96 bits per heavy atom. The Morgan fingerprint density at radius 3 is 2.61 bits per heavy atom. The van der Waals surface area contributed by atoms with Gasteiger partial charge in [0, 0.05) is 19.5 Å². The average Bonchev–Trinajstić information content (AvgIpc) is 3.19. The summed E-state index contributed by atoms with van der Waals surface area (Å²) in [6.45, 7) is 1.58. The highest BCUT2D eigenvalue weighted by molar-refractivity contribution is 7.20. The van der Waals surface area contributed by atoms with Crippen LogP contribution >= 0.6 is 11.3 Å². The van der Waals surface area contributed by atoms with E-state index >= 15 is 0 Å². The lowest BCUT2D eigenvalue weighted by molar-refractivity contribution is -0.137. The summed E-state index contributed by atoms with van der Waals surface area (Å²) >= 11 is 1.10. The SMILES string of the molecule is Cc1nn(-c2cccc(C(F)(F)F)c2)c2sc(C(=O)NCC(=O)N(C)C)cc12. The van der Waals surface area contributed by atoms with E-state index in [1.54, 1.807) is 27.1 Å². The van der Waals surface area contributed by atoms with Crippen LogP contribution < -0.4 is 5.32 Å². The van der Waals surface area contributed by atoms with Crippen molar-refractivity contribution in [1.82, 2.24) is 20.0 Å². The fourth-order valence-electron chi connectivity index (χ4n) is 2.55. The Bertz CT molecular complexity index is 1050.